The normalized spacial score (nSPS) is 16.0. The number of nitrogens with zero attached hydrogens (tertiary/aromatic N) is 1. The summed E-state index contributed by atoms with van der Waals surface area (Å²) in [4.78, 5) is 2.36. The lowest BCUT2D eigenvalue weighted by Gasteiger charge is -2.32. The van der Waals surface area contributed by atoms with Gasteiger partial charge < -0.3 is 14.2 Å². The third kappa shape index (κ3) is 4.55. The zero-order valence-electron chi connectivity index (χ0n) is 23.8. The van der Waals surface area contributed by atoms with E-state index in [0.717, 1.165) is 16.8 Å². The van der Waals surface area contributed by atoms with Gasteiger partial charge >= 0.3 is 7.12 Å². The van der Waals surface area contributed by atoms with Crippen LogP contribution in [0.3, 0.4) is 0 Å². The largest absolute Gasteiger partial charge is 0.494 e. The molecule has 0 saturated carbocycles. The van der Waals surface area contributed by atoms with Gasteiger partial charge in [0.15, 0.2) is 0 Å². The average molecular weight is 554 g/mol. The minimum atomic E-state index is -0.390. The minimum Gasteiger partial charge on any atom is -0.399 e. The summed E-state index contributed by atoms with van der Waals surface area (Å²) in [5.41, 5.74) is 6.04. The molecule has 5 heteroatoms. The molecule has 41 heavy (non-hydrogen) atoms. The number of benzene rings is 5. The third-order valence-corrected chi connectivity index (χ3v) is 9.74. The summed E-state index contributed by atoms with van der Waals surface area (Å²) in [6.07, 6.45) is 0. The van der Waals surface area contributed by atoms with E-state index < -0.39 is 7.12 Å². The monoisotopic (exact) mass is 553 g/mol. The van der Waals surface area contributed by atoms with Crippen molar-refractivity contribution in [3.63, 3.8) is 0 Å². The Morgan fingerprint density at radius 1 is 0.561 bits per heavy atom. The molecule has 0 unspecified atom stereocenters. The van der Waals surface area contributed by atoms with E-state index in [4.69, 9.17) is 9.31 Å². The van der Waals surface area contributed by atoms with Crippen molar-refractivity contribution in [2.45, 2.75) is 38.9 Å². The lowest BCUT2D eigenvalue weighted by Crippen LogP contribution is -2.41. The van der Waals surface area contributed by atoms with Gasteiger partial charge in [-0.1, -0.05) is 84.9 Å². The second-order valence-corrected chi connectivity index (χ2v) is 12.7. The molecule has 1 fully saturated rings. The lowest BCUT2D eigenvalue weighted by molar-refractivity contribution is 0.00578. The predicted octanol–water partition coefficient (Wildman–Crippen LogP) is 9.49. The van der Waals surface area contributed by atoms with Crippen LogP contribution in [0.1, 0.15) is 27.7 Å². The SMILES string of the molecule is CC1(C)OB(c2ccc(N(c3ccc(-c4ccccc4)cc3)c3cccc4c3sc3ccccc34)cc2)OC1(C)C. The van der Waals surface area contributed by atoms with Gasteiger partial charge in [-0.05, 0) is 80.7 Å². The Bertz CT molecular complexity index is 1830. The Hall–Kier alpha value is -3.90. The second-order valence-electron chi connectivity index (χ2n) is 11.7. The molecule has 0 bridgehead atoms. The van der Waals surface area contributed by atoms with Crippen LogP contribution in [0.5, 0.6) is 0 Å². The van der Waals surface area contributed by atoms with Crippen LogP contribution in [-0.4, -0.2) is 18.3 Å². The van der Waals surface area contributed by atoms with Gasteiger partial charge in [0.2, 0.25) is 0 Å². The molecule has 7 rings (SSSR count). The van der Waals surface area contributed by atoms with Crippen molar-refractivity contribution in [3.05, 3.63) is 121 Å². The molecule has 0 amide bonds. The molecule has 0 radical (unpaired) electrons. The smallest absolute Gasteiger partial charge is 0.399 e. The van der Waals surface area contributed by atoms with Gasteiger partial charge in [-0.3, -0.25) is 0 Å². The van der Waals surface area contributed by atoms with Crippen molar-refractivity contribution in [3.8, 4) is 11.1 Å². The molecule has 1 aliphatic rings. The van der Waals surface area contributed by atoms with E-state index >= 15 is 0 Å². The summed E-state index contributed by atoms with van der Waals surface area (Å²) in [6.45, 7) is 8.36. The van der Waals surface area contributed by atoms with E-state index in [1.165, 1.54) is 37.0 Å². The van der Waals surface area contributed by atoms with Gasteiger partial charge in [0, 0.05) is 26.8 Å². The molecule has 0 spiro atoms. The Morgan fingerprint density at radius 2 is 1.12 bits per heavy atom. The van der Waals surface area contributed by atoms with Crippen LogP contribution in [0.15, 0.2) is 121 Å². The summed E-state index contributed by atoms with van der Waals surface area (Å²) in [5.74, 6) is 0. The first-order valence-electron chi connectivity index (χ1n) is 14.1. The van der Waals surface area contributed by atoms with Crippen molar-refractivity contribution in [2.75, 3.05) is 4.90 Å². The standard InChI is InChI=1S/C36H32BNO2S/c1-35(2)36(3,4)40-37(39-35)27-19-23-29(24-20-27)38(28-21-17-26(18-22-28)25-11-6-5-7-12-25)32-15-10-14-31-30-13-8-9-16-33(30)41-34(31)32/h5-24H,1-4H3. The fraction of sp³-hybridized carbons (Fsp3) is 0.167. The van der Waals surface area contributed by atoms with Crippen LogP contribution in [0.4, 0.5) is 17.1 Å². The van der Waals surface area contributed by atoms with E-state index in [-0.39, 0.29) is 11.2 Å². The van der Waals surface area contributed by atoms with Gasteiger partial charge in [-0.2, -0.15) is 0 Å². The topological polar surface area (TPSA) is 21.7 Å². The highest BCUT2D eigenvalue weighted by Gasteiger charge is 2.51. The molecule has 0 N–H and O–H groups in total. The first-order valence-corrected chi connectivity index (χ1v) is 14.9. The fourth-order valence-electron chi connectivity index (χ4n) is 5.53. The summed E-state index contributed by atoms with van der Waals surface area (Å²) in [5, 5.41) is 2.58. The summed E-state index contributed by atoms with van der Waals surface area (Å²) < 4.78 is 15.2. The number of fused-ring (bicyclic) bond motifs is 3. The Labute approximate surface area is 246 Å². The van der Waals surface area contributed by atoms with Gasteiger partial charge in [-0.15, -0.1) is 11.3 Å². The van der Waals surface area contributed by atoms with Crippen molar-refractivity contribution < 1.29 is 9.31 Å². The van der Waals surface area contributed by atoms with E-state index in [0.29, 0.717) is 0 Å². The van der Waals surface area contributed by atoms with Gasteiger partial charge in [-0.25, -0.2) is 0 Å². The van der Waals surface area contributed by atoms with E-state index in [1.807, 2.05) is 11.3 Å². The zero-order valence-corrected chi connectivity index (χ0v) is 24.6. The predicted molar refractivity (Wildman–Crippen MR) is 175 cm³/mol. The molecule has 0 atom stereocenters. The minimum absolute atomic E-state index is 0.375. The molecule has 2 heterocycles. The number of hydrogen-bond acceptors (Lipinski definition) is 4. The molecular weight excluding hydrogens is 521 g/mol. The Morgan fingerprint density at radius 3 is 1.80 bits per heavy atom. The van der Waals surface area contributed by atoms with Crippen molar-refractivity contribution in [1.82, 2.24) is 0 Å². The molecule has 1 aliphatic heterocycles. The van der Waals surface area contributed by atoms with Crippen LogP contribution < -0.4 is 10.4 Å². The van der Waals surface area contributed by atoms with Crippen LogP contribution in [0.2, 0.25) is 0 Å². The van der Waals surface area contributed by atoms with Crippen LogP contribution in [-0.2, 0) is 9.31 Å². The first kappa shape index (κ1) is 26.0. The van der Waals surface area contributed by atoms with Crippen molar-refractivity contribution in [1.29, 1.82) is 0 Å². The molecule has 202 valence electrons. The first-order chi connectivity index (χ1) is 19.8. The van der Waals surface area contributed by atoms with Gasteiger partial charge in [0.25, 0.3) is 0 Å². The molecular formula is C36H32BNO2S. The van der Waals surface area contributed by atoms with Crippen molar-refractivity contribution >= 4 is 61.2 Å². The zero-order chi connectivity index (χ0) is 28.2. The Kier molecular flexibility index (Phi) is 6.27. The average Bonchev–Trinajstić information content (AvgIpc) is 3.47. The van der Waals surface area contributed by atoms with Crippen LogP contribution in [0, 0.1) is 0 Å². The van der Waals surface area contributed by atoms with E-state index in [2.05, 4.69) is 154 Å². The maximum atomic E-state index is 6.33. The third-order valence-electron chi connectivity index (χ3n) is 8.53. The highest BCUT2D eigenvalue weighted by molar-refractivity contribution is 7.26. The highest BCUT2D eigenvalue weighted by atomic mass is 32.1. The van der Waals surface area contributed by atoms with E-state index in [1.54, 1.807) is 0 Å². The Balaban J connectivity index is 1.33. The molecule has 1 saturated heterocycles. The van der Waals surface area contributed by atoms with E-state index in [9.17, 15) is 0 Å². The second kappa shape index (κ2) is 9.88. The molecule has 5 aromatic carbocycles. The molecule has 6 aromatic rings. The van der Waals surface area contributed by atoms with Crippen molar-refractivity contribution in [2.24, 2.45) is 0 Å². The molecule has 1 aromatic heterocycles. The quantitative estimate of drug-likeness (QED) is 0.199. The van der Waals surface area contributed by atoms with Crippen LogP contribution >= 0.6 is 11.3 Å². The maximum Gasteiger partial charge on any atom is 0.494 e. The number of anilines is 3. The fourth-order valence-corrected chi connectivity index (χ4v) is 6.74. The lowest BCUT2D eigenvalue weighted by atomic mass is 9.79. The summed E-state index contributed by atoms with van der Waals surface area (Å²) in [7, 11) is -0.390. The summed E-state index contributed by atoms with van der Waals surface area (Å²) >= 11 is 1.85. The van der Waals surface area contributed by atoms with Gasteiger partial charge in [0.05, 0.1) is 21.6 Å². The van der Waals surface area contributed by atoms with Crippen LogP contribution in [0.25, 0.3) is 31.3 Å². The van der Waals surface area contributed by atoms with Gasteiger partial charge in [0.1, 0.15) is 0 Å². The maximum absolute atomic E-state index is 6.33. The molecule has 3 nitrogen and oxygen atoms in total. The number of hydrogen-bond donors (Lipinski definition) is 0. The number of thiophene rings is 1. The summed E-state index contributed by atoms with van der Waals surface area (Å²) in [6, 6.07) is 43.3. The highest BCUT2D eigenvalue weighted by Crippen LogP contribution is 2.45. The number of rotatable bonds is 5. The molecule has 0 aliphatic carbocycles.